The second-order valence-electron chi connectivity index (χ2n) is 32.8. The maximum Gasteiger partial charge on any atom is 0.472 e. The molecule has 0 aromatic rings. The van der Waals surface area contributed by atoms with E-state index < -0.39 is 97.5 Å². The Balaban J connectivity index is 5.23. The number of phosphoric ester groups is 2. The Labute approximate surface area is 670 Å². The smallest absolute Gasteiger partial charge is 0.462 e. The Morgan fingerprint density at radius 3 is 0.624 bits per heavy atom. The molecule has 0 spiro atoms. The molecule has 0 aromatic heterocycles. The van der Waals surface area contributed by atoms with Crippen molar-refractivity contribution in [3.05, 3.63) is 0 Å². The Morgan fingerprint density at radius 1 is 0.248 bits per heavy atom. The van der Waals surface area contributed by atoms with Crippen molar-refractivity contribution in [2.75, 3.05) is 39.6 Å². The first-order valence-corrected chi connectivity index (χ1v) is 49.6. The zero-order valence-electron chi connectivity index (χ0n) is 71.7. The molecule has 0 aliphatic carbocycles. The number of hydrogen-bond donors (Lipinski definition) is 3. The van der Waals surface area contributed by atoms with Crippen LogP contribution in [0.5, 0.6) is 0 Å². The molecule has 0 aliphatic rings. The van der Waals surface area contributed by atoms with Gasteiger partial charge in [-0.05, 0) is 31.6 Å². The molecular formula is C90H176O17P2. The SMILES string of the molecule is CCCCCCCCCCCCCCCCCCCCCCCC(=O)O[C@H](COC(=O)CCCCCCCCCCCCCCCCCCC(C)C)COP(=O)(O)OC[C@@H](O)COP(=O)(O)OC[C@@H](COC(=O)CCCCCCCCCCCCC)OC(=O)CCCCCCCCCCCCCCCCCCCC. The number of aliphatic hydroxyl groups excluding tert-OH is 1. The summed E-state index contributed by atoms with van der Waals surface area (Å²) in [5.74, 6) is -1.28. The van der Waals surface area contributed by atoms with E-state index in [1.54, 1.807) is 0 Å². The molecule has 0 aliphatic heterocycles. The number of unbranched alkanes of at least 4 members (excludes halogenated alkanes) is 62. The predicted octanol–water partition coefficient (Wildman–Crippen LogP) is 27.9. The molecule has 0 radical (unpaired) electrons. The molecular weight excluding hydrogens is 1410 g/mol. The molecule has 0 saturated carbocycles. The van der Waals surface area contributed by atoms with Gasteiger partial charge in [-0.15, -0.1) is 0 Å². The van der Waals surface area contributed by atoms with Gasteiger partial charge >= 0.3 is 39.5 Å². The van der Waals surface area contributed by atoms with Crippen LogP contribution in [0.2, 0.25) is 0 Å². The van der Waals surface area contributed by atoms with Crippen molar-refractivity contribution < 1.29 is 80.2 Å². The van der Waals surface area contributed by atoms with Crippen molar-refractivity contribution >= 4 is 39.5 Å². The highest BCUT2D eigenvalue weighted by atomic mass is 31.2. The second-order valence-corrected chi connectivity index (χ2v) is 35.7. The van der Waals surface area contributed by atoms with Gasteiger partial charge in [-0.3, -0.25) is 37.3 Å². The Kier molecular flexibility index (Phi) is 81.1. The number of ether oxygens (including phenoxy) is 4. The summed E-state index contributed by atoms with van der Waals surface area (Å²) in [6.07, 6.45) is 77.8. The van der Waals surface area contributed by atoms with E-state index in [1.807, 2.05) is 0 Å². The van der Waals surface area contributed by atoms with Gasteiger partial charge in [0.15, 0.2) is 12.2 Å². The summed E-state index contributed by atoms with van der Waals surface area (Å²) in [4.78, 5) is 73.4. The fourth-order valence-corrected chi connectivity index (χ4v) is 15.8. The lowest BCUT2D eigenvalue weighted by molar-refractivity contribution is -0.161. The van der Waals surface area contributed by atoms with E-state index in [-0.39, 0.29) is 25.7 Å². The lowest BCUT2D eigenvalue weighted by atomic mass is 10.0. The number of carbonyl (C=O) groups is 4. The largest absolute Gasteiger partial charge is 0.472 e. The minimum absolute atomic E-state index is 0.109. The molecule has 3 N–H and O–H groups in total. The number of hydrogen-bond acceptors (Lipinski definition) is 15. The Bertz CT molecular complexity index is 2070. The van der Waals surface area contributed by atoms with Crippen LogP contribution in [0, 0.1) is 5.92 Å². The first-order valence-electron chi connectivity index (χ1n) is 46.6. The molecule has 0 heterocycles. The Hall–Kier alpha value is -1.94. The van der Waals surface area contributed by atoms with E-state index in [9.17, 15) is 43.2 Å². The summed E-state index contributed by atoms with van der Waals surface area (Å²) in [5.41, 5.74) is 0. The molecule has 648 valence electrons. The van der Waals surface area contributed by atoms with Crippen LogP contribution in [0.15, 0.2) is 0 Å². The van der Waals surface area contributed by atoms with Crippen molar-refractivity contribution in [1.82, 2.24) is 0 Å². The monoisotopic (exact) mass is 1590 g/mol. The van der Waals surface area contributed by atoms with E-state index in [4.69, 9.17) is 37.0 Å². The van der Waals surface area contributed by atoms with Crippen molar-refractivity contribution in [3.8, 4) is 0 Å². The van der Waals surface area contributed by atoms with Gasteiger partial charge in [-0.25, -0.2) is 9.13 Å². The molecule has 0 rings (SSSR count). The van der Waals surface area contributed by atoms with Gasteiger partial charge in [-0.1, -0.05) is 439 Å². The van der Waals surface area contributed by atoms with E-state index in [0.29, 0.717) is 25.7 Å². The van der Waals surface area contributed by atoms with Gasteiger partial charge in [0.25, 0.3) is 0 Å². The molecule has 0 amide bonds. The average Bonchev–Trinajstić information content (AvgIpc) is 0.901. The van der Waals surface area contributed by atoms with Crippen molar-refractivity contribution in [3.63, 3.8) is 0 Å². The van der Waals surface area contributed by atoms with E-state index >= 15 is 0 Å². The second kappa shape index (κ2) is 82.6. The van der Waals surface area contributed by atoms with Gasteiger partial charge in [0.2, 0.25) is 0 Å². The van der Waals surface area contributed by atoms with Crippen molar-refractivity contribution in [2.24, 2.45) is 5.92 Å². The lowest BCUT2D eigenvalue weighted by Crippen LogP contribution is -2.30. The summed E-state index contributed by atoms with van der Waals surface area (Å²) in [7, 11) is -9.93. The summed E-state index contributed by atoms with van der Waals surface area (Å²) in [6, 6.07) is 0. The van der Waals surface area contributed by atoms with Crippen LogP contribution in [0.3, 0.4) is 0 Å². The fourth-order valence-electron chi connectivity index (χ4n) is 14.2. The van der Waals surface area contributed by atoms with Crippen LogP contribution >= 0.6 is 15.6 Å². The van der Waals surface area contributed by atoms with Crippen molar-refractivity contribution in [2.45, 2.75) is 509 Å². The molecule has 17 nitrogen and oxygen atoms in total. The van der Waals surface area contributed by atoms with Crippen LogP contribution in [0.4, 0.5) is 0 Å². The van der Waals surface area contributed by atoms with E-state index in [2.05, 4.69) is 34.6 Å². The minimum atomic E-state index is -4.97. The third-order valence-electron chi connectivity index (χ3n) is 21.3. The average molecular weight is 1590 g/mol. The van der Waals surface area contributed by atoms with Gasteiger partial charge in [0.05, 0.1) is 26.4 Å². The van der Waals surface area contributed by atoms with Crippen LogP contribution in [-0.4, -0.2) is 96.7 Å². The third kappa shape index (κ3) is 83.8. The topological polar surface area (TPSA) is 237 Å². The number of aliphatic hydroxyl groups is 1. The predicted molar refractivity (Wildman–Crippen MR) is 451 cm³/mol. The molecule has 5 atom stereocenters. The van der Waals surface area contributed by atoms with Gasteiger partial charge in [-0.2, -0.15) is 0 Å². The Morgan fingerprint density at radius 2 is 0.422 bits per heavy atom. The van der Waals surface area contributed by atoms with Crippen LogP contribution in [-0.2, 0) is 65.4 Å². The first kappa shape index (κ1) is 107. The van der Waals surface area contributed by atoms with Gasteiger partial charge in [0, 0.05) is 25.7 Å². The molecule has 0 saturated heterocycles. The summed E-state index contributed by atoms with van der Waals surface area (Å²) >= 11 is 0. The summed E-state index contributed by atoms with van der Waals surface area (Å²) in [6.45, 7) is 7.42. The first-order chi connectivity index (χ1) is 53.0. The quantitative estimate of drug-likeness (QED) is 0.0222. The van der Waals surface area contributed by atoms with Gasteiger partial charge in [0.1, 0.15) is 19.3 Å². The highest BCUT2D eigenvalue weighted by Crippen LogP contribution is 2.45. The maximum atomic E-state index is 13.2. The van der Waals surface area contributed by atoms with E-state index in [1.165, 1.54) is 315 Å². The molecule has 19 heteroatoms. The number of rotatable bonds is 90. The number of carbonyl (C=O) groups excluding carboxylic acids is 4. The lowest BCUT2D eigenvalue weighted by Gasteiger charge is -2.21. The maximum absolute atomic E-state index is 13.2. The molecule has 2 unspecified atom stereocenters. The fraction of sp³-hybridized carbons (Fsp3) is 0.956. The van der Waals surface area contributed by atoms with Crippen LogP contribution in [0.25, 0.3) is 0 Å². The number of phosphoric acid groups is 2. The number of esters is 4. The molecule has 0 fully saturated rings. The zero-order valence-corrected chi connectivity index (χ0v) is 73.5. The minimum Gasteiger partial charge on any atom is -0.462 e. The zero-order chi connectivity index (χ0) is 79.7. The molecule has 0 bridgehead atoms. The molecule has 0 aromatic carbocycles. The summed E-state index contributed by atoms with van der Waals surface area (Å²) in [5, 5.41) is 10.7. The standard InChI is InChI=1S/C90H176O17P2/c1-6-9-12-15-18-21-24-26-28-30-32-33-34-36-42-46-51-56-61-66-71-76-90(95)107-86(80-101-88(93)74-69-64-59-54-49-44-40-38-37-39-43-48-52-57-62-67-72-83(4)5)82-105-109(98,99)103-78-84(91)77-102-108(96,97)104-81-85(79-100-87(92)73-68-63-58-53-47-23-20-17-14-11-8-3)106-89(94)75-70-65-60-55-50-45-41-35-31-29-27-25-22-19-16-13-10-7-2/h83-86,91H,6-82H2,1-5H3,(H,96,97)(H,98,99)/t84-,85+,86+/m0/s1. The highest BCUT2D eigenvalue weighted by Gasteiger charge is 2.31. The summed E-state index contributed by atoms with van der Waals surface area (Å²) < 4.78 is 69.0. The van der Waals surface area contributed by atoms with Gasteiger partial charge < -0.3 is 33.8 Å². The highest BCUT2D eigenvalue weighted by molar-refractivity contribution is 7.47. The molecule has 109 heavy (non-hydrogen) atoms. The van der Waals surface area contributed by atoms with Crippen molar-refractivity contribution in [1.29, 1.82) is 0 Å². The third-order valence-corrected chi connectivity index (χ3v) is 23.2. The van der Waals surface area contributed by atoms with Crippen LogP contribution < -0.4 is 0 Å². The van der Waals surface area contributed by atoms with E-state index in [0.717, 1.165) is 95.8 Å². The van der Waals surface area contributed by atoms with Crippen LogP contribution in [0.1, 0.15) is 490 Å². The normalized spacial score (nSPS) is 13.7.